The van der Waals surface area contributed by atoms with Gasteiger partial charge in [0.25, 0.3) is 0 Å². The maximum Gasteiger partial charge on any atom is 0.433 e. The number of nitrogens with zero attached hydrogens (tertiary/aromatic N) is 3. The molecule has 0 aromatic carbocycles. The van der Waals surface area contributed by atoms with E-state index in [0.29, 0.717) is 13.1 Å². The Morgan fingerprint density at radius 2 is 2.15 bits per heavy atom. The lowest BCUT2D eigenvalue weighted by Crippen LogP contribution is -2.58. The molecule has 0 bridgehead atoms. The van der Waals surface area contributed by atoms with Crippen molar-refractivity contribution in [3.05, 3.63) is 18.0 Å². The van der Waals surface area contributed by atoms with Gasteiger partial charge in [0.15, 0.2) is 0 Å². The van der Waals surface area contributed by atoms with Gasteiger partial charge in [-0.2, -0.15) is 13.2 Å². The number of rotatable bonds is 2. The van der Waals surface area contributed by atoms with Crippen LogP contribution in [0.5, 0.6) is 0 Å². The van der Waals surface area contributed by atoms with Gasteiger partial charge in [0.2, 0.25) is 11.9 Å². The molecule has 0 saturated carbocycles. The minimum absolute atomic E-state index is 0.0616. The molecule has 2 heterocycles. The predicted molar refractivity (Wildman–Crippen MR) is 66.0 cm³/mol. The first-order valence-electron chi connectivity index (χ1n) is 6.25. The third-order valence-corrected chi connectivity index (χ3v) is 3.08. The summed E-state index contributed by atoms with van der Waals surface area (Å²) in [5.41, 5.74) is -1.00. The molecule has 0 spiro atoms. The molecule has 1 aromatic heterocycles. The van der Waals surface area contributed by atoms with Crippen molar-refractivity contribution in [2.45, 2.75) is 26.1 Å². The average molecular weight is 288 g/mol. The first kappa shape index (κ1) is 14.5. The van der Waals surface area contributed by atoms with Gasteiger partial charge in [-0.3, -0.25) is 4.79 Å². The van der Waals surface area contributed by atoms with Gasteiger partial charge in [-0.1, -0.05) is 13.8 Å². The van der Waals surface area contributed by atoms with Gasteiger partial charge in [-0.15, -0.1) is 0 Å². The van der Waals surface area contributed by atoms with E-state index in [-0.39, 0.29) is 17.8 Å². The smallest absolute Gasteiger partial charge is 0.353 e. The topological polar surface area (TPSA) is 58.1 Å². The number of hydrogen-bond donors (Lipinski definition) is 1. The predicted octanol–water partition coefficient (Wildman–Crippen LogP) is 1.46. The van der Waals surface area contributed by atoms with E-state index in [9.17, 15) is 18.0 Å². The highest BCUT2D eigenvalue weighted by molar-refractivity contribution is 5.86. The van der Waals surface area contributed by atoms with Crippen molar-refractivity contribution in [1.82, 2.24) is 15.3 Å². The van der Waals surface area contributed by atoms with E-state index in [1.54, 1.807) is 0 Å². The molecule has 0 radical (unpaired) electrons. The van der Waals surface area contributed by atoms with E-state index in [1.807, 2.05) is 13.8 Å². The third-order valence-electron chi connectivity index (χ3n) is 3.08. The van der Waals surface area contributed by atoms with Gasteiger partial charge < -0.3 is 10.2 Å². The first-order valence-corrected chi connectivity index (χ1v) is 6.25. The fraction of sp³-hybridized carbons (Fsp3) is 0.583. The lowest BCUT2D eigenvalue weighted by molar-refractivity contribution is -0.141. The summed E-state index contributed by atoms with van der Waals surface area (Å²) in [6.45, 7) is 4.41. The average Bonchev–Trinajstić information content (AvgIpc) is 2.37. The number of nitrogens with one attached hydrogen (secondary N) is 1. The number of amides is 1. The van der Waals surface area contributed by atoms with Crippen LogP contribution in [0.15, 0.2) is 12.3 Å². The number of halogens is 3. The second-order valence-corrected chi connectivity index (χ2v) is 4.91. The summed E-state index contributed by atoms with van der Waals surface area (Å²) in [5.74, 6) is -0.339. The highest BCUT2D eigenvalue weighted by Crippen LogP contribution is 2.29. The molecule has 2 rings (SSSR count). The molecule has 0 aliphatic carbocycles. The van der Waals surface area contributed by atoms with Crippen molar-refractivity contribution in [3.63, 3.8) is 0 Å². The van der Waals surface area contributed by atoms with Gasteiger partial charge in [0.1, 0.15) is 11.7 Å². The van der Waals surface area contributed by atoms with E-state index >= 15 is 0 Å². The fourth-order valence-electron chi connectivity index (χ4n) is 2.22. The summed E-state index contributed by atoms with van der Waals surface area (Å²) in [6, 6.07) is 0.255. The van der Waals surface area contributed by atoms with Crippen molar-refractivity contribution < 1.29 is 18.0 Å². The molecule has 1 aliphatic heterocycles. The highest BCUT2D eigenvalue weighted by atomic mass is 19.4. The molecule has 1 N–H and O–H groups in total. The van der Waals surface area contributed by atoms with Crippen LogP contribution in [-0.4, -0.2) is 35.0 Å². The number of aromatic nitrogens is 2. The van der Waals surface area contributed by atoms with Crippen molar-refractivity contribution >= 4 is 11.9 Å². The summed E-state index contributed by atoms with van der Waals surface area (Å²) in [4.78, 5) is 20.8. The summed E-state index contributed by atoms with van der Waals surface area (Å²) in [7, 11) is 0. The van der Waals surface area contributed by atoms with Crippen LogP contribution >= 0.6 is 0 Å². The number of hydrogen-bond acceptors (Lipinski definition) is 4. The Bertz CT molecular complexity index is 504. The summed E-state index contributed by atoms with van der Waals surface area (Å²) in [6.07, 6.45) is -3.46. The van der Waals surface area contributed by atoms with Crippen LogP contribution in [0.3, 0.4) is 0 Å². The molecule has 1 fully saturated rings. The largest absolute Gasteiger partial charge is 0.433 e. The maximum absolute atomic E-state index is 12.7. The highest BCUT2D eigenvalue weighted by Gasteiger charge is 2.36. The lowest BCUT2D eigenvalue weighted by atomic mass is 10.00. The Kier molecular flexibility index (Phi) is 3.82. The Morgan fingerprint density at radius 1 is 1.45 bits per heavy atom. The molecular weight excluding hydrogens is 273 g/mol. The van der Waals surface area contributed by atoms with E-state index in [1.165, 1.54) is 4.90 Å². The molecule has 1 amide bonds. The zero-order chi connectivity index (χ0) is 14.9. The van der Waals surface area contributed by atoms with E-state index in [2.05, 4.69) is 15.3 Å². The van der Waals surface area contributed by atoms with Gasteiger partial charge >= 0.3 is 6.18 Å². The van der Waals surface area contributed by atoms with Crippen molar-refractivity contribution in [1.29, 1.82) is 0 Å². The monoisotopic (exact) mass is 288 g/mol. The van der Waals surface area contributed by atoms with Crippen LogP contribution < -0.4 is 10.2 Å². The molecule has 20 heavy (non-hydrogen) atoms. The number of piperazine rings is 1. The summed E-state index contributed by atoms with van der Waals surface area (Å²) >= 11 is 0. The Labute approximate surface area is 114 Å². The molecule has 0 unspecified atom stereocenters. The molecule has 110 valence electrons. The number of alkyl halides is 3. The first-order chi connectivity index (χ1) is 9.30. The Hall–Kier alpha value is -1.86. The molecule has 1 atom stereocenters. The van der Waals surface area contributed by atoms with Crippen LogP contribution in [0.2, 0.25) is 0 Å². The minimum Gasteiger partial charge on any atom is -0.353 e. The van der Waals surface area contributed by atoms with Gasteiger partial charge in [0, 0.05) is 19.3 Å². The molecule has 1 aliphatic rings. The van der Waals surface area contributed by atoms with Gasteiger partial charge in [0.05, 0.1) is 0 Å². The zero-order valence-corrected chi connectivity index (χ0v) is 11.1. The molecule has 1 aromatic rings. The summed E-state index contributed by atoms with van der Waals surface area (Å²) < 4.78 is 38.0. The normalized spacial score (nSPS) is 20.2. The second-order valence-electron chi connectivity index (χ2n) is 4.91. The van der Waals surface area contributed by atoms with Crippen LogP contribution in [0.4, 0.5) is 19.1 Å². The van der Waals surface area contributed by atoms with Crippen molar-refractivity contribution in [3.8, 4) is 0 Å². The van der Waals surface area contributed by atoms with Gasteiger partial charge in [-0.05, 0) is 12.0 Å². The third kappa shape index (κ3) is 2.83. The zero-order valence-electron chi connectivity index (χ0n) is 11.1. The maximum atomic E-state index is 12.7. The number of carbonyl (C=O) groups excluding carboxylic acids is 1. The van der Waals surface area contributed by atoms with Crippen LogP contribution in [0.25, 0.3) is 0 Å². The van der Waals surface area contributed by atoms with Crippen LogP contribution in [0, 0.1) is 5.92 Å². The quantitative estimate of drug-likeness (QED) is 0.895. The lowest BCUT2D eigenvalue weighted by Gasteiger charge is -2.37. The van der Waals surface area contributed by atoms with E-state index in [0.717, 1.165) is 12.3 Å². The van der Waals surface area contributed by atoms with Gasteiger partial charge in [-0.25, -0.2) is 9.97 Å². The minimum atomic E-state index is -4.52. The standard InChI is InChI=1S/C12H15F3N4O/c1-7(2)9-10(20)16-5-6-19(9)11-17-4-3-8(18-11)12(13,14)15/h3-4,7,9H,5-6H2,1-2H3,(H,16,20)/t9-/m1/s1. The van der Waals surface area contributed by atoms with Crippen LogP contribution in [-0.2, 0) is 11.0 Å². The molecule has 1 saturated heterocycles. The Balaban J connectivity index is 2.36. The fourth-order valence-corrected chi connectivity index (χ4v) is 2.22. The van der Waals surface area contributed by atoms with E-state index < -0.39 is 17.9 Å². The number of carbonyl (C=O) groups is 1. The summed E-state index contributed by atoms with van der Waals surface area (Å²) in [5, 5.41) is 2.70. The number of anilines is 1. The molecule has 8 heteroatoms. The van der Waals surface area contributed by atoms with Crippen molar-refractivity contribution in [2.24, 2.45) is 5.92 Å². The Morgan fingerprint density at radius 3 is 2.75 bits per heavy atom. The molecular formula is C12H15F3N4O. The van der Waals surface area contributed by atoms with Crippen LogP contribution in [0.1, 0.15) is 19.5 Å². The molecule has 5 nitrogen and oxygen atoms in total. The van der Waals surface area contributed by atoms with E-state index in [4.69, 9.17) is 0 Å². The SMILES string of the molecule is CC(C)[C@@H]1C(=O)NCCN1c1nccc(C(F)(F)F)n1. The van der Waals surface area contributed by atoms with Crippen molar-refractivity contribution in [2.75, 3.05) is 18.0 Å². The second kappa shape index (κ2) is 5.26.